The average molecular weight is 379 g/mol. The summed E-state index contributed by atoms with van der Waals surface area (Å²) < 4.78 is 10.8. The van der Waals surface area contributed by atoms with Gasteiger partial charge in [0.2, 0.25) is 5.91 Å². The lowest BCUT2D eigenvalue weighted by Crippen LogP contribution is -2.44. The lowest BCUT2D eigenvalue weighted by molar-refractivity contribution is -0.131. The Morgan fingerprint density at radius 2 is 2.04 bits per heavy atom. The van der Waals surface area contributed by atoms with Crippen LogP contribution in [-0.4, -0.2) is 29.8 Å². The quantitative estimate of drug-likeness (QED) is 0.337. The third-order valence-electron chi connectivity index (χ3n) is 4.78. The Kier molecular flexibility index (Phi) is 5.31. The molecule has 0 N–H and O–H groups in total. The summed E-state index contributed by atoms with van der Waals surface area (Å²) in [6.07, 6.45) is 8.27. The van der Waals surface area contributed by atoms with Gasteiger partial charge in [-0.05, 0) is 50.1 Å². The number of methoxy groups -OCH3 is 1. The van der Waals surface area contributed by atoms with Gasteiger partial charge in [-0.15, -0.1) is 0 Å². The van der Waals surface area contributed by atoms with Gasteiger partial charge in [0.05, 0.1) is 18.6 Å². The Hall–Kier alpha value is -3.41. The minimum atomic E-state index is -0.622. The van der Waals surface area contributed by atoms with E-state index in [1.54, 1.807) is 43.4 Å². The maximum absolute atomic E-state index is 13.2. The number of ether oxygens (including phenoxy) is 2. The number of benzene rings is 1. The van der Waals surface area contributed by atoms with E-state index in [2.05, 4.69) is 6.58 Å². The summed E-state index contributed by atoms with van der Waals surface area (Å²) in [5.41, 5.74) is 1.91. The summed E-state index contributed by atoms with van der Waals surface area (Å²) in [6, 6.07) is 3.29. The molecule has 3 rings (SSSR count). The highest BCUT2D eigenvalue weighted by Crippen LogP contribution is 2.46. The molecule has 1 aromatic carbocycles. The Bertz CT molecular complexity index is 967. The number of carbonyl (C=O) groups excluding carboxylic acids is 3. The first-order valence-electron chi connectivity index (χ1n) is 8.91. The van der Waals surface area contributed by atoms with Crippen LogP contribution in [0, 0.1) is 0 Å². The molecule has 0 saturated carbocycles. The molecule has 0 spiro atoms. The van der Waals surface area contributed by atoms with Gasteiger partial charge in [-0.1, -0.05) is 18.7 Å². The number of amides is 2. The summed E-state index contributed by atoms with van der Waals surface area (Å²) in [6.45, 7) is 7.00. The smallest absolute Gasteiger partial charge is 0.335 e. The number of carbonyl (C=O) groups is 3. The van der Waals surface area contributed by atoms with Gasteiger partial charge >= 0.3 is 5.97 Å². The molecule has 0 fully saturated rings. The van der Waals surface area contributed by atoms with Crippen molar-refractivity contribution in [3.05, 3.63) is 71.5 Å². The van der Waals surface area contributed by atoms with Crippen LogP contribution in [0.4, 0.5) is 0 Å². The molecule has 1 aliphatic heterocycles. The molecular formula is C22H21NO5. The van der Waals surface area contributed by atoms with Gasteiger partial charge in [0.1, 0.15) is 11.5 Å². The van der Waals surface area contributed by atoms with Crippen LogP contribution in [0.25, 0.3) is 5.76 Å². The molecule has 1 aliphatic carbocycles. The average Bonchev–Trinajstić information content (AvgIpc) is 2.71. The molecule has 0 bridgehead atoms. The SMILES string of the molecule is C=CC(=O)OC1=CCC2C(=O)N(C(/C=C\C)=C/C)C(=O)c3ccc(OC)c1c32. The van der Waals surface area contributed by atoms with Crippen LogP contribution in [0.15, 0.2) is 54.8 Å². The first-order chi connectivity index (χ1) is 13.5. The minimum absolute atomic E-state index is 0.267. The Labute approximate surface area is 163 Å². The zero-order valence-corrected chi connectivity index (χ0v) is 16.0. The topological polar surface area (TPSA) is 72.9 Å². The molecule has 0 radical (unpaired) electrons. The number of allylic oxidation sites excluding steroid dienone is 4. The van der Waals surface area contributed by atoms with E-state index < -0.39 is 17.8 Å². The van der Waals surface area contributed by atoms with Crippen molar-refractivity contribution in [3.63, 3.8) is 0 Å². The number of hydrogen-bond acceptors (Lipinski definition) is 5. The molecule has 28 heavy (non-hydrogen) atoms. The van der Waals surface area contributed by atoms with E-state index in [-0.39, 0.29) is 11.7 Å². The summed E-state index contributed by atoms with van der Waals surface area (Å²) in [7, 11) is 1.48. The molecule has 2 amide bonds. The van der Waals surface area contributed by atoms with Crippen LogP contribution in [-0.2, 0) is 14.3 Å². The molecule has 0 aromatic heterocycles. The Morgan fingerprint density at radius 3 is 2.64 bits per heavy atom. The zero-order chi connectivity index (χ0) is 20.4. The number of rotatable bonds is 5. The molecule has 2 aliphatic rings. The highest BCUT2D eigenvalue weighted by atomic mass is 16.5. The van der Waals surface area contributed by atoms with Gasteiger partial charge in [0.15, 0.2) is 0 Å². The van der Waals surface area contributed by atoms with Crippen molar-refractivity contribution in [1.82, 2.24) is 4.90 Å². The van der Waals surface area contributed by atoms with E-state index in [0.29, 0.717) is 34.6 Å². The molecule has 1 atom stereocenters. The van der Waals surface area contributed by atoms with Crippen LogP contribution >= 0.6 is 0 Å². The molecule has 1 heterocycles. The largest absolute Gasteiger partial charge is 0.496 e. The molecule has 1 unspecified atom stereocenters. The fourth-order valence-corrected chi connectivity index (χ4v) is 3.58. The van der Waals surface area contributed by atoms with E-state index in [4.69, 9.17) is 9.47 Å². The van der Waals surface area contributed by atoms with Gasteiger partial charge < -0.3 is 9.47 Å². The van der Waals surface area contributed by atoms with Crippen LogP contribution in [0.1, 0.15) is 47.7 Å². The van der Waals surface area contributed by atoms with Gasteiger partial charge in [0.25, 0.3) is 5.91 Å². The fraction of sp³-hybridized carbons (Fsp3) is 0.227. The van der Waals surface area contributed by atoms with E-state index in [1.165, 1.54) is 12.0 Å². The summed E-state index contributed by atoms with van der Waals surface area (Å²) in [5.74, 6) is -1.22. The predicted octanol–water partition coefficient (Wildman–Crippen LogP) is 3.71. The number of hydrogen-bond donors (Lipinski definition) is 0. The van der Waals surface area contributed by atoms with Crippen molar-refractivity contribution in [2.75, 3.05) is 7.11 Å². The lowest BCUT2D eigenvalue weighted by Gasteiger charge is -2.36. The molecule has 144 valence electrons. The van der Waals surface area contributed by atoms with Crippen LogP contribution in [0.3, 0.4) is 0 Å². The fourth-order valence-electron chi connectivity index (χ4n) is 3.58. The summed E-state index contributed by atoms with van der Waals surface area (Å²) in [5, 5.41) is 0. The highest BCUT2D eigenvalue weighted by molar-refractivity contribution is 6.14. The van der Waals surface area contributed by atoms with Crippen LogP contribution in [0.5, 0.6) is 5.75 Å². The monoisotopic (exact) mass is 379 g/mol. The maximum atomic E-state index is 13.2. The van der Waals surface area contributed by atoms with Crippen molar-refractivity contribution < 1.29 is 23.9 Å². The predicted molar refractivity (Wildman–Crippen MR) is 104 cm³/mol. The van der Waals surface area contributed by atoms with Crippen molar-refractivity contribution >= 4 is 23.5 Å². The van der Waals surface area contributed by atoms with Gasteiger partial charge in [-0.3, -0.25) is 9.59 Å². The van der Waals surface area contributed by atoms with Crippen molar-refractivity contribution in [2.45, 2.75) is 26.2 Å². The molecule has 6 heteroatoms. The van der Waals surface area contributed by atoms with Gasteiger partial charge in [-0.2, -0.15) is 0 Å². The normalized spacial score (nSPS) is 18.7. The Balaban J connectivity index is 2.21. The van der Waals surface area contributed by atoms with Crippen LogP contribution in [0.2, 0.25) is 0 Å². The Morgan fingerprint density at radius 1 is 1.29 bits per heavy atom. The molecule has 1 aromatic rings. The maximum Gasteiger partial charge on any atom is 0.335 e. The standard InChI is InChI=1S/C22H21NO5/c1-5-8-13(6-2)23-21(25)14-9-11-16(27-4)20-17(28-18(24)7-3)12-10-15(19(14)20)22(23)26/h5-9,11-12,15H,3,10H2,1-2,4H3/b8-5-,13-6+. The third-order valence-corrected chi connectivity index (χ3v) is 4.78. The second-order valence-corrected chi connectivity index (χ2v) is 6.28. The first-order valence-corrected chi connectivity index (χ1v) is 8.91. The van der Waals surface area contributed by atoms with Crippen LogP contribution < -0.4 is 4.74 Å². The van der Waals surface area contributed by atoms with Gasteiger partial charge in [0, 0.05) is 17.3 Å². The summed E-state index contributed by atoms with van der Waals surface area (Å²) >= 11 is 0. The van der Waals surface area contributed by atoms with E-state index in [9.17, 15) is 14.4 Å². The lowest BCUT2D eigenvalue weighted by atomic mass is 9.78. The highest BCUT2D eigenvalue weighted by Gasteiger charge is 2.44. The van der Waals surface area contributed by atoms with Crippen molar-refractivity contribution in [3.8, 4) is 5.75 Å². The van der Waals surface area contributed by atoms with Crippen molar-refractivity contribution in [2.24, 2.45) is 0 Å². The van der Waals surface area contributed by atoms with E-state index in [1.807, 2.05) is 6.92 Å². The number of esters is 1. The summed E-state index contributed by atoms with van der Waals surface area (Å²) in [4.78, 5) is 39.3. The minimum Gasteiger partial charge on any atom is -0.496 e. The first kappa shape index (κ1) is 19.4. The van der Waals surface area contributed by atoms with E-state index >= 15 is 0 Å². The zero-order valence-electron chi connectivity index (χ0n) is 16.0. The van der Waals surface area contributed by atoms with Crippen molar-refractivity contribution in [1.29, 1.82) is 0 Å². The number of nitrogens with zero attached hydrogens (tertiary/aromatic N) is 1. The second kappa shape index (κ2) is 7.68. The van der Waals surface area contributed by atoms with E-state index in [0.717, 1.165) is 6.08 Å². The third kappa shape index (κ3) is 2.97. The molecule has 6 nitrogen and oxygen atoms in total. The number of imide groups is 1. The van der Waals surface area contributed by atoms with Gasteiger partial charge in [-0.25, -0.2) is 9.69 Å². The molecule has 0 saturated heterocycles. The molecular weight excluding hydrogens is 358 g/mol. The second-order valence-electron chi connectivity index (χ2n) is 6.28.